The van der Waals surface area contributed by atoms with Crippen molar-refractivity contribution >= 4 is 24.0 Å². The Morgan fingerprint density at radius 2 is 1.00 bits per heavy atom. The SMILES string of the molecule is O=COCc1ccc(COC=O)c2nc(-c3ccccc3)c(-c3ccccc3)nc12. The highest BCUT2D eigenvalue weighted by molar-refractivity contribution is 5.89. The molecule has 4 aromatic rings. The lowest BCUT2D eigenvalue weighted by atomic mass is 10.0. The van der Waals surface area contributed by atoms with Crippen LogP contribution < -0.4 is 0 Å². The van der Waals surface area contributed by atoms with Gasteiger partial charge in [0.15, 0.2) is 0 Å². The van der Waals surface area contributed by atoms with Crippen molar-refractivity contribution in [2.75, 3.05) is 0 Å². The van der Waals surface area contributed by atoms with E-state index in [1.807, 2.05) is 60.7 Å². The molecule has 1 heterocycles. The number of nitrogens with zero attached hydrogens (tertiary/aromatic N) is 2. The third-order valence-corrected chi connectivity index (χ3v) is 4.70. The Balaban J connectivity index is 2.02. The molecule has 148 valence electrons. The number of carbonyl (C=O) groups excluding carboxylic acids is 2. The van der Waals surface area contributed by atoms with Crippen LogP contribution in [-0.2, 0) is 32.3 Å². The standard InChI is InChI=1S/C24H18N2O4/c27-15-29-13-19-11-12-20(14-30-16-28)24-23(19)25-21(17-7-3-1-4-8-17)22(26-24)18-9-5-2-6-10-18/h1-12,15-16H,13-14H2. The molecule has 0 fully saturated rings. The Bertz CT molecular complexity index is 1080. The van der Waals surface area contributed by atoms with Crippen molar-refractivity contribution in [3.05, 3.63) is 83.9 Å². The molecule has 0 atom stereocenters. The fraction of sp³-hybridized carbons (Fsp3) is 0.0833. The number of benzene rings is 3. The summed E-state index contributed by atoms with van der Waals surface area (Å²) < 4.78 is 9.95. The van der Waals surface area contributed by atoms with Gasteiger partial charge in [0.2, 0.25) is 0 Å². The topological polar surface area (TPSA) is 78.4 Å². The summed E-state index contributed by atoms with van der Waals surface area (Å²) in [6.07, 6.45) is 0. The number of carbonyl (C=O) groups is 2. The summed E-state index contributed by atoms with van der Waals surface area (Å²) in [6, 6.07) is 23.2. The van der Waals surface area contributed by atoms with E-state index in [1.165, 1.54) is 0 Å². The highest BCUT2D eigenvalue weighted by Crippen LogP contribution is 2.33. The van der Waals surface area contributed by atoms with Crippen molar-refractivity contribution in [3.8, 4) is 22.5 Å². The van der Waals surface area contributed by atoms with Crippen LogP contribution >= 0.6 is 0 Å². The second kappa shape index (κ2) is 8.96. The molecule has 0 aliphatic carbocycles. The summed E-state index contributed by atoms with van der Waals surface area (Å²) >= 11 is 0. The number of hydrogen-bond acceptors (Lipinski definition) is 6. The van der Waals surface area contributed by atoms with Gasteiger partial charge in [-0.2, -0.15) is 0 Å². The first-order valence-electron chi connectivity index (χ1n) is 9.35. The highest BCUT2D eigenvalue weighted by atomic mass is 16.5. The van der Waals surface area contributed by atoms with Crippen molar-refractivity contribution in [2.24, 2.45) is 0 Å². The van der Waals surface area contributed by atoms with E-state index in [0.29, 0.717) is 24.0 Å². The first kappa shape index (κ1) is 19.3. The molecule has 0 bridgehead atoms. The van der Waals surface area contributed by atoms with Crippen LogP contribution in [0.2, 0.25) is 0 Å². The third-order valence-electron chi connectivity index (χ3n) is 4.70. The van der Waals surface area contributed by atoms with Crippen LogP contribution in [0.3, 0.4) is 0 Å². The molecule has 0 amide bonds. The summed E-state index contributed by atoms with van der Waals surface area (Å²) in [6.45, 7) is 0.947. The van der Waals surface area contributed by atoms with E-state index in [9.17, 15) is 9.59 Å². The summed E-state index contributed by atoms with van der Waals surface area (Å²) in [5.74, 6) is 0. The van der Waals surface area contributed by atoms with E-state index in [-0.39, 0.29) is 13.2 Å². The van der Waals surface area contributed by atoms with E-state index in [2.05, 4.69) is 0 Å². The minimum absolute atomic E-state index is 0.0718. The predicted molar refractivity (Wildman–Crippen MR) is 112 cm³/mol. The maximum atomic E-state index is 10.7. The maximum Gasteiger partial charge on any atom is 0.293 e. The van der Waals surface area contributed by atoms with E-state index >= 15 is 0 Å². The summed E-state index contributed by atoms with van der Waals surface area (Å²) in [7, 11) is 0. The molecule has 1 aromatic heterocycles. The second-order valence-electron chi connectivity index (χ2n) is 6.55. The molecule has 0 spiro atoms. The fourth-order valence-corrected chi connectivity index (χ4v) is 3.32. The minimum Gasteiger partial charge on any atom is -0.463 e. The third kappa shape index (κ3) is 3.89. The van der Waals surface area contributed by atoms with E-state index in [4.69, 9.17) is 19.4 Å². The van der Waals surface area contributed by atoms with Gasteiger partial charge in [-0.25, -0.2) is 9.97 Å². The zero-order valence-corrected chi connectivity index (χ0v) is 16.0. The van der Waals surface area contributed by atoms with Gasteiger partial charge < -0.3 is 9.47 Å². The Kier molecular flexibility index (Phi) is 5.75. The molecule has 0 N–H and O–H groups in total. The number of rotatable bonds is 8. The zero-order valence-electron chi connectivity index (χ0n) is 16.0. The van der Waals surface area contributed by atoms with Crippen LogP contribution in [0.1, 0.15) is 11.1 Å². The normalized spacial score (nSPS) is 10.5. The van der Waals surface area contributed by atoms with Crippen LogP contribution in [-0.4, -0.2) is 22.9 Å². The van der Waals surface area contributed by atoms with Gasteiger partial charge in [-0.15, -0.1) is 0 Å². The van der Waals surface area contributed by atoms with Gasteiger partial charge in [0, 0.05) is 22.3 Å². The molecule has 0 saturated carbocycles. The summed E-state index contributed by atoms with van der Waals surface area (Å²) in [5.41, 5.74) is 5.91. The number of ether oxygens (including phenoxy) is 2. The fourth-order valence-electron chi connectivity index (χ4n) is 3.32. The average Bonchev–Trinajstić information content (AvgIpc) is 2.82. The van der Waals surface area contributed by atoms with Gasteiger partial charge in [-0.1, -0.05) is 72.8 Å². The molecule has 30 heavy (non-hydrogen) atoms. The molecule has 0 aliphatic heterocycles. The molecular weight excluding hydrogens is 380 g/mol. The number of hydrogen-bond donors (Lipinski definition) is 0. The largest absolute Gasteiger partial charge is 0.463 e. The molecule has 0 saturated heterocycles. The predicted octanol–water partition coefficient (Wildman–Crippen LogP) is 4.31. The average molecular weight is 398 g/mol. The molecular formula is C24H18N2O4. The van der Waals surface area contributed by atoms with E-state index in [1.54, 1.807) is 12.1 Å². The van der Waals surface area contributed by atoms with Crippen molar-refractivity contribution in [3.63, 3.8) is 0 Å². The van der Waals surface area contributed by atoms with Crippen molar-refractivity contribution in [1.82, 2.24) is 9.97 Å². The Labute approximate surface area is 173 Å². The molecule has 4 rings (SSSR count). The van der Waals surface area contributed by atoms with Gasteiger partial charge in [0.1, 0.15) is 13.2 Å². The molecule has 0 radical (unpaired) electrons. The first-order valence-corrected chi connectivity index (χ1v) is 9.35. The zero-order chi connectivity index (χ0) is 20.8. The smallest absolute Gasteiger partial charge is 0.293 e. The van der Waals surface area contributed by atoms with Gasteiger partial charge in [0.25, 0.3) is 12.9 Å². The van der Waals surface area contributed by atoms with Crippen LogP contribution in [0.15, 0.2) is 72.8 Å². The molecule has 3 aromatic carbocycles. The number of aromatic nitrogens is 2. The molecule has 0 aliphatic rings. The van der Waals surface area contributed by atoms with Crippen molar-refractivity contribution in [1.29, 1.82) is 0 Å². The quantitative estimate of drug-likeness (QED) is 0.412. The van der Waals surface area contributed by atoms with Crippen LogP contribution in [0, 0.1) is 0 Å². The summed E-state index contributed by atoms with van der Waals surface area (Å²) in [5, 5.41) is 0. The minimum atomic E-state index is 0.0718. The van der Waals surface area contributed by atoms with E-state index in [0.717, 1.165) is 33.6 Å². The lowest BCUT2D eigenvalue weighted by molar-refractivity contribution is -0.130. The Morgan fingerprint density at radius 1 is 0.600 bits per heavy atom. The summed E-state index contributed by atoms with van der Waals surface area (Å²) in [4.78, 5) is 31.3. The first-order chi connectivity index (χ1) is 14.8. The maximum absolute atomic E-state index is 10.7. The van der Waals surface area contributed by atoms with Crippen LogP contribution in [0.5, 0.6) is 0 Å². The molecule has 6 nitrogen and oxygen atoms in total. The van der Waals surface area contributed by atoms with Crippen molar-refractivity contribution < 1.29 is 19.1 Å². The van der Waals surface area contributed by atoms with E-state index < -0.39 is 0 Å². The lowest BCUT2D eigenvalue weighted by Crippen LogP contribution is -2.03. The lowest BCUT2D eigenvalue weighted by Gasteiger charge is -2.15. The van der Waals surface area contributed by atoms with Gasteiger partial charge in [0.05, 0.1) is 22.4 Å². The number of fused-ring (bicyclic) bond motifs is 1. The van der Waals surface area contributed by atoms with Crippen LogP contribution in [0.25, 0.3) is 33.5 Å². The Morgan fingerprint density at radius 3 is 1.37 bits per heavy atom. The second-order valence-corrected chi connectivity index (χ2v) is 6.55. The highest BCUT2D eigenvalue weighted by Gasteiger charge is 2.17. The van der Waals surface area contributed by atoms with Gasteiger partial charge in [-0.05, 0) is 0 Å². The van der Waals surface area contributed by atoms with Gasteiger partial charge >= 0.3 is 0 Å². The van der Waals surface area contributed by atoms with Crippen molar-refractivity contribution in [2.45, 2.75) is 13.2 Å². The van der Waals surface area contributed by atoms with Crippen LogP contribution in [0.4, 0.5) is 0 Å². The monoisotopic (exact) mass is 398 g/mol. The Hall–Kier alpha value is -4.06. The van der Waals surface area contributed by atoms with Gasteiger partial charge in [-0.3, -0.25) is 9.59 Å². The molecule has 0 unspecified atom stereocenters. The molecule has 6 heteroatoms.